The highest BCUT2D eigenvalue weighted by Gasteiger charge is 2.74. The number of aryl methyl sites for hydroxylation is 1. The van der Waals surface area contributed by atoms with Crippen LogP contribution in [0, 0.1) is 28.9 Å². The standard InChI is InChI=1S/C23H19ClN4O5/c1-11-9-14-19(15(24)10-11)25-22(31)23(14)18-17(16-3-2-8-26(16)23)20(29)27(21(18)30)12-4-6-13(7-5-12)28(32)33/h4-7,9-10,16-18H,2-3,8H2,1H3,(H,25,31)/t16-,17-,18+,23-/m1/s1. The molecule has 168 valence electrons. The highest BCUT2D eigenvalue weighted by molar-refractivity contribution is 6.35. The van der Waals surface area contributed by atoms with Crippen molar-refractivity contribution in [1.29, 1.82) is 0 Å². The van der Waals surface area contributed by atoms with Crippen LogP contribution in [0.15, 0.2) is 36.4 Å². The van der Waals surface area contributed by atoms with Crippen LogP contribution in [0.1, 0.15) is 24.0 Å². The zero-order valence-electron chi connectivity index (χ0n) is 17.6. The molecule has 9 nitrogen and oxygen atoms in total. The second-order valence-corrected chi connectivity index (χ2v) is 9.49. The number of carbonyl (C=O) groups is 3. The molecule has 0 bridgehead atoms. The molecule has 2 aromatic carbocycles. The molecule has 2 aromatic rings. The second-order valence-electron chi connectivity index (χ2n) is 9.08. The number of nitrogens with one attached hydrogen (secondary N) is 1. The van der Waals surface area contributed by atoms with E-state index in [1.54, 1.807) is 6.07 Å². The van der Waals surface area contributed by atoms with Gasteiger partial charge < -0.3 is 5.32 Å². The van der Waals surface area contributed by atoms with Gasteiger partial charge in [-0.05, 0) is 50.1 Å². The molecule has 10 heteroatoms. The average Bonchev–Trinajstić information content (AvgIpc) is 3.47. The molecule has 4 aliphatic heterocycles. The van der Waals surface area contributed by atoms with Crippen molar-refractivity contribution in [3.63, 3.8) is 0 Å². The van der Waals surface area contributed by atoms with E-state index in [2.05, 4.69) is 5.32 Å². The Bertz CT molecular complexity index is 1280. The number of hydrogen-bond donors (Lipinski definition) is 1. The molecule has 3 amide bonds. The van der Waals surface area contributed by atoms with Gasteiger partial charge in [0.2, 0.25) is 11.8 Å². The Morgan fingerprint density at radius 1 is 1.15 bits per heavy atom. The zero-order chi connectivity index (χ0) is 23.2. The van der Waals surface area contributed by atoms with Crippen LogP contribution in [-0.4, -0.2) is 40.1 Å². The molecule has 0 saturated carbocycles. The maximum Gasteiger partial charge on any atom is 0.269 e. The zero-order valence-corrected chi connectivity index (χ0v) is 18.3. The predicted molar refractivity (Wildman–Crippen MR) is 119 cm³/mol. The normalized spacial score (nSPS) is 30.1. The summed E-state index contributed by atoms with van der Waals surface area (Å²) in [4.78, 5) is 54.8. The van der Waals surface area contributed by atoms with Crippen molar-refractivity contribution in [3.8, 4) is 0 Å². The third-order valence-electron chi connectivity index (χ3n) is 7.52. The van der Waals surface area contributed by atoms with E-state index in [-0.39, 0.29) is 29.2 Å². The highest BCUT2D eigenvalue weighted by atomic mass is 35.5. The van der Waals surface area contributed by atoms with Gasteiger partial charge in [0.05, 0.1) is 33.2 Å². The van der Waals surface area contributed by atoms with Crippen LogP contribution in [0.4, 0.5) is 17.1 Å². The smallest absolute Gasteiger partial charge is 0.269 e. The number of fused-ring (bicyclic) bond motifs is 7. The van der Waals surface area contributed by atoms with E-state index >= 15 is 0 Å². The maximum atomic E-state index is 13.9. The Kier molecular flexibility index (Phi) is 4.07. The molecular formula is C23H19ClN4O5. The van der Waals surface area contributed by atoms with E-state index in [0.29, 0.717) is 29.2 Å². The van der Waals surface area contributed by atoms with Gasteiger partial charge in [-0.2, -0.15) is 0 Å². The third-order valence-corrected chi connectivity index (χ3v) is 7.81. The monoisotopic (exact) mass is 466 g/mol. The lowest BCUT2D eigenvalue weighted by molar-refractivity contribution is -0.384. The van der Waals surface area contributed by atoms with Crippen molar-refractivity contribution in [2.75, 3.05) is 16.8 Å². The van der Waals surface area contributed by atoms with Gasteiger partial charge in [-0.3, -0.25) is 29.4 Å². The van der Waals surface area contributed by atoms with Crippen molar-refractivity contribution < 1.29 is 19.3 Å². The molecule has 1 N–H and O–H groups in total. The third kappa shape index (κ3) is 2.38. The van der Waals surface area contributed by atoms with E-state index in [1.165, 1.54) is 24.3 Å². The average molecular weight is 467 g/mol. The lowest BCUT2D eigenvalue weighted by Gasteiger charge is -2.36. The first-order valence-corrected chi connectivity index (χ1v) is 11.2. The van der Waals surface area contributed by atoms with E-state index in [9.17, 15) is 24.5 Å². The Balaban J connectivity index is 1.53. The lowest BCUT2D eigenvalue weighted by atomic mass is 9.75. The molecule has 3 saturated heterocycles. The van der Waals surface area contributed by atoms with Crippen LogP contribution in [0.2, 0.25) is 5.02 Å². The minimum absolute atomic E-state index is 0.134. The summed E-state index contributed by atoms with van der Waals surface area (Å²) in [5, 5.41) is 14.3. The van der Waals surface area contributed by atoms with Gasteiger partial charge in [0.25, 0.3) is 11.6 Å². The van der Waals surface area contributed by atoms with E-state index in [4.69, 9.17) is 11.6 Å². The number of nitrogens with zero attached hydrogens (tertiary/aromatic N) is 3. The first-order chi connectivity index (χ1) is 15.8. The largest absolute Gasteiger partial charge is 0.323 e. The number of halogens is 1. The Morgan fingerprint density at radius 3 is 2.58 bits per heavy atom. The van der Waals surface area contributed by atoms with Crippen LogP contribution in [0.3, 0.4) is 0 Å². The molecule has 0 radical (unpaired) electrons. The predicted octanol–water partition coefficient (Wildman–Crippen LogP) is 2.99. The number of benzene rings is 2. The van der Waals surface area contributed by atoms with Gasteiger partial charge in [-0.15, -0.1) is 0 Å². The van der Waals surface area contributed by atoms with Gasteiger partial charge in [0, 0.05) is 23.7 Å². The minimum Gasteiger partial charge on any atom is -0.323 e. The number of imide groups is 1. The minimum atomic E-state index is -1.31. The van der Waals surface area contributed by atoms with Crippen LogP contribution in [0.25, 0.3) is 0 Å². The number of nitro benzene ring substituents is 1. The maximum absolute atomic E-state index is 13.9. The molecule has 0 unspecified atom stereocenters. The number of rotatable bonds is 2. The summed E-state index contributed by atoms with van der Waals surface area (Å²) in [5.74, 6) is -2.74. The SMILES string of the molecule is Cc1cc(Cl)c2c(c1)[C@]1(C(=O)N2)[C@@H]2C(=O)N(c3ccc([N+](=O)[O-])cc3)C(=O)[C@@H]2[C@H]2CCCN21. The van der Waals surface area contributed by atoms with Gasteiger partial charge in [0.1, 0.15) is 5.54 Å². The Morgan fingerprint density at radius 2 is 1.88 bits per heavy atom. The summed E-state index contributed by atoms with van der Waals surface area (Å²) < 4.78 is 0. The summed E-state index contributed by atoms with van der Waals surface area (Å²) >= 11 is 6.47. The molecule has 4 aliphatic rings. The van der Waals surface area contributed by atoms with Crippen LogP contribution >= 0.6 is 11.6 Å². The number of amides is 3. The van der Waals surface area contributed by atoms with Crippen LogP contribution in [0.5, 0.6) is 0 Å². The molecule has 4 atom stereocenters. The number of carbonyl (C=O) groups excluding carboxylic acids is 3. The summed E-state index contributed by atoms with van der Waals surface area (Å²) in [7, 11) is 0. The fourth-order valence-corrected chi connectivity index (χ4v) is 6.69. The van der Waals surface area contributed by atoms with E-state index in [0.717, 1.165) is 16.9 Å². The lowest BCUT2D eigenvalue weighted by Crippen LogP contribution is -2.54. The number of anilines is 2. The van der Waals surface area contributed by atoms with Crippen molar-refractivity contribution in [2.24, 2.45) is 11.8 Å². The van der Waals surface area contributed by atoms with Crippen LogP contribution < -0.4 is 10.2 Å². The summed E-state index contributed by atoms with van der Waals surface area (Å²) in [6, 6.07) is 8.73. The van der Waals surface area contributed by atoms with Gasteiger partial charge in [0.15, 0.2) is 0 Å². The summed E-state index contributed by atoms with van der Waals surface area (Å²) in [5.41, 5.74) is 0.823. The fraction of sp³-hybridized carbons (Fsp3) is 0.348. The first-order valence-electron chi connectivity index (χ1n) is 10.8. The summed E-state index contributed by atoms with van der Waals surface area (Å²) in [6.07, 6.45) is 1.52. The summed E-state index contributed by atoms with van der Waals surface area (Å²) in [6.45, 7) is 2.48. The number of nitro groups is 1. The Hall–Kier alpha value is -3.30. The quantitative estimate of drug-likeness (QED) is 0.413. The van der Waals surface area contributed by atoms with E-state index < -0.39 is 28.2 Å². The molecule has 3 fully saturated rings. The molecule has 6 rings (SSSR count). The first kappa shape index (κ1) is 20.3. The van der Waals surface area contributed by atoms with Gasteiger partial charge >= 0.3 is 0 Å². The van der Waals surface area contributed by atoms with Crippen molar-refractivity contribution in [1.82, 2.24) is 4.90 Å². The van der Waals surface area contributed by atoms with Gasteiger partial charge in [-0.25, -0.2) is 4.90 Å². The van der Waals surface area contributed by atoms with E-state index in [1.807, 2.05) is 17.9 Å². The van der Waals surface area contributed by atoms with Crippen molar-refractivity contribution >= 4 is 46.4 Å². The topological polar surface area (TPSA) is 113 Å². The highest BCUT2D eigenvalue weighted by Crippen LogP contribution is 2.61. The number of hydrogen-bond acceptors (Lipinski definition) is 6. The van der Waals surface area contributed by atoms with Crippen LogP contribution in [-0.2, 0) is 19.9 Å². The molecule has 4 heterocycles. The molecular weight excluding hydrogens is 448 g/mol. The van der Waals surface area contributed by atoms with Crippen molar-refractivity contribution in [2.45, 2.75) is 31.3 Å². The molecule has 1 spiro atoms. The van der Waals surface area contributed by atoms with Gasteiger partial charge in [-0.1, -0.05) is 17.7 Å². The fourth-order valence-electron chi connectivity index (χ4n) is 6.37. The molecule has 0 aliphatic carbocycles. The Labute approximate surface area is 193 Å². The second kappa shape index (κ2) is 6.61. The van der Waals surface area contributed by atoms with Crippen molar-refractivity contribution in [3.05, 3.63) is 62.7 Å². The molecule has 33 heavy (non-hydrogen) atoms. The number of non-ortho nitro benzene ring substituents is 1. The molecule has 0 aromatic heterocycles.